The Hall–Kier alpha value is -2.33. The molecule has 0 aliphatic carbocycles. The fourth-order valence-corrected chi connectivity index (χ4v) is 8.91. The van der Waals surface area contributed by atoms with E-state index >= 15 is 0 Å². The summed E-state index contributed by atoms with van der Waals surface area (Å²) in [6, 6.07) is 13.3. The van der Waals surface area contributed by atoms with E-state index < -0.39 is 9.49 Å². The molecule has 0 aromatic heterocycles. The third kappa shape index (κ3) is 2.62. The van der Waals surface area contributed by atoms with Crippen LogP contribution in [0.1, 0.15) is 17.5 Å². The van der Waals surface area contributed by atoms with Crippen LogP contribution in [0.3, 0.4) is 0 Å². The average Bonchev–Trinajstić information content (AvgIpc) is 3.05. The van der Waals surface area contributed by atoms with Gasteiger partial charge in [-0.3, -0.25) is 14.5 Å². The first-order valence-corrected chi connectivity index (χ1v) is 12.7. The van der Waals surface area contributed by atoms with Gasteiger partial charge in [0.2, 0.25) is 5.91 Å². The van der Waals surface area contributed by atoms with E-state index in [4.69, 9.17) is 18.0 Å². The molecule has 2 spiro atoms. The van der Waals surface area contributed by atoms with E-state index in [0.717, 1.165) is 40.4 Å². The summed E-state index contributed by atoms with van der Waals surface area (Å²) in [6.45, 7) is 4.37. The molecule has 7 heteroatoms. The number of halogens is 1. The second-order valence-electron chi connectivity index (χ2n) is 7.89. The number of hydrogen-bond acceptors (Lipinski definition) is 4. The van der Waals surface area contributed by atoms with Crippen molar-refractivity contribution in [2.75, 3.05) is 34.4 Å². The summed E-state index contributed by atoms with van der Waals surface area (Å²) in [7, 11) is 0. The number of benzene rings is 2. The Labute approximate surface area is 201 Å². The van der Waals surface area contributed by atoms with Crippen molar-refractivity contribution in [3.8, 4) is 12.3 Å². The minimum Gasteiger partial charge on any atom is -0.307 e. The fourth-order valence-electron chi connectivity index (χ4n) is 5.09. The maximum atomic E-state index is 14.3. The van der Waals surface area contributed by atoms with Crippen LogP contribution < -0.4 is 9.80 Å². The van der Waals surface area contributed by atoms with Crippen molar-refractivity contribution in [2.45, 2.75) is 15.9 Å². The Balaban J connectivity index is 1.87. The number of thioether (sulfide) groups is 2. The Kier molecular flexibility index (Phi) is 5.32. The number of carbonyl (C=O) groups is 2. The first-order chi connectivity index (χ1) is 15.5. The summed E-state index contributed by atoms with van der Waals surface area (Å²) in [5.41, 5.74) is 3.21. The Morgan fingerprint density at radius 2 is 1.69 bits per heavy atom. The summed E-state index contributed by atoms with van der Waals surface area (Å²) >= 11 is 9.58. The zero-order valence-corrected chi connectivity index (χ0v) is 19.7. The highest BCUT2D eigenvalue weighted by Crippen LogP contribution is 2.68. The van der Waals surface area contributed by atoms with Crippen LogP contribution in [0.2, 0.25) is 5.02 Å². The van der Waals surface area contributed by atoms with Gasteiger partial charge in [0.25, 0.3) is 5.91 Å². The molecule has 2 amide bonds. The van der Waals surface area contributed by atoms with E-state index in [2.05, 4.69) is 12.5 Å². The van der Waals surface area contributed by atoms with Crippen molar-refractivity contribution in [2.24, 2.45) is 0 Å². The largest absolute Gasteiger partial charge is 0.307 e. The van der Waals surface area contributed by atoms with Crippen molar-refractivity contribution in [3.63, 3.8) is 0 Å². The van der Waals surface area contributed by atoms with Gasteiger partial charge in [-0.1, -0.05) is 41.8 Å². The molecule has 0 radical (unpaired) electrons. The zero-order valence-electron chi connectivity index (χ0n) is 17.3. The molecule has 2 atom stereocenters. The molecule has 3 aliphatic heterocycles. The maximum absolute atomic E-state index is 14.3. The van der Waals surface area contributed by atoms with Crippen LogP contribution in [0, 0.1) is 12.3 Å². The van der Waals surface area contributed by atoms with Crippen LogP contribution in [0.4, 0.5) is 11.4 Å². The molecule has 32 heavy (non-hydrogen) atoms. The van der Waals surface area contributed by atoms with Crippen molar-refractivity contribution in [1.82, 2.24) is 0 Å². The number of nitrogens with zero attached hydrogens (tertiary/aromatic N) is 2. The van der Waals surface area contributed by atoms with Gasteiger partial charge in [0.05, 0.1) is 12.2 Å². The van der Waals surface area contributed by atoms with E-state index in [9.17, 15) is 9.59 Å². The van der Waals surface area contributed by atoms with Crippen LogP contribution in [-0.2, 0) is 19.1 Å². The summed E-state index contributed by atoms with van der Waals surface area (Å²) in [4.78, 5) is 32.1. The summed E-state index contributed by atoms with van der Waals surface area (Å²) in [5, 5.41) is 0.533. The van der Waals surface area contributed by atoms with E-state index in [1.165, 1.54) is 0 Å². The van der Waals surface area contributed by atoms with Crippen LogP contribution >= 0.6 is 35.1 Å². The molecule has 2 aromatic carbocycles. The molecule has 0 unspecified atom stereocenters. The predicted molar refractivity (Wildman–Crippen MR) is 135 cm³/mol. The number of carbonyl (C=O) groups excluding carboxylic acids is 2. The molecule has 1 fully saturated rings. The van der Waals surface area contributed by atoms with Gasteiger partial charge >= 0.3 is 0 Å². The number of para-hydroxylation sites is 1. The normalized spacial score (nSPS) is 26.2. The first kappa shape index (κ1) is 21.5. The lowest BCUT2D eigenvalue weighted by atomic mass is 9.80. The Morgan fingerprint density at radius 3 is 2.41 bits per heavy atom. The third-order valence-corrected chi connectivity index (χ3v) is 9.90. The molecular formula is C25H21ClN2O2S2. The molecule has 0 bridgehead atoms. The van der Waals surface area contributed by atoms with Gasteiger partial charge in [0, 0.05) is 28.4 Å². The van der Waals surface area contributed by atoms with Crippen molar-refractivity contribution in [3.05, 3.63) is 71.3 Å². The van der Waals surface area contributed by atoms with Gasteiger partial charge in [-0.25, -0.2) is 0 Å². The molecule has 4 nitrogen and oxygen atoms in total. The number of amides is 2. The molecule has 162 valence electrons. The third-order valence-electron chi connectivity index (χ3n) is 6.28. The van der Waals surface area contributed by atoms with Crippen molar-refractivity contribution in [1.29, 1.82) is 0 Å². The van der Waals surface area contributed by atoms with E-state index in [1.807, 2.05) is 36.4 Å². The lowest BCUT2D eigenvalue weighted by Gasteiger charge is -2.42. The summed E-state index contributed by atoms with van der Waals surface area (Å²) < 4.78 is -2.28. The zero-order chi connectivity index (χ0) is 22.5. The Morgan fingerprint density at radius 1 is 1.03 bits per heavy atom. The molecule has 0 N–H and O–H groups in total. The number of hydrogen-bond donors (Lipinski definition) is 0. The lowest BCUT2D eigenvalue weighted by molar-refractivity contribution is -0.127. The van der Waals surface area contributed by atoms with E-state index in [1.54, 1.807) is 45.5 Å². The maximum Gasteiger partial charge on any atom is 0.251 e. The van der Waals surface area contributed by atoms with Gasteiger partial charge in [0.1, 0.15) is 9.49 Å². The van der Waals surface area contributed by atoms with Crippen molar-refractivity contribution < 1.29 is 9.59 Å². The smallest absolute Gasteiger partial charge is 0.251 e. The number of rotatable bonds is 3. The number of terminal acetylenes is 1. The monoisotopic (exact) mass is 480 g/mol. The predicted octanol–water partition coefficient (Wildman–Crippen LogP) is 4.81. The molecule has 5 rings (SSSR count). The molecule has 3 aliphatic rings. The summed E-state index contributed by atoms with van der Waals surface area (Å²) in [5.74, 6) is 3.92. The molecular weight excluding hydrogens is 460 g/mol. The second kappa shape index (κ2) is 7.91. The van der Waals surface area contributed by atoms with Gasteiger partial charge in [0.15, 0.2) is 0 Å². The first-order valence-electron chi connectivity index (χ1n) is 10.4. The lowest BCUT2D eigenvalue weighted by Crippen LogP contribution is -2.56. The van der Waals surface area contributed by atoms with Gasteiger partial charge in [-0.05, 0) is 42.2 Å². The molecule has 0 saturated carbocycles. The quantitative estimate of drug-likeness (QED) is 0.467. The van der Waals surface area contributed by atoms with Crippen LogP contribution in [0.5, 0.6) is 0 Å². The molecule has 2 aromatic rings. The number of anilines is 2. The highest BCUT2D eigenvalue weighted by molar-refractivity contribution is 8.06. The Bertz CT molecular complexity index is 1190. The summed E-state index contributed by atoms with van der Waals surface area (Å²) in [6.07, 6.45) is 8.27. The van der Waals surface area contributed by atoms with E-state index in [0.29, 0.717) is 11.6 Å². The average molecular weight is 481 g/mol. The van der Waals surface area contributed by atoms with Crippen LogP contribution in [-0.4, -0.2) is 36.4 Å². The van der Waals surface area contributed by atoms with Crippen molar-refractivity contribution >= 4 is 58.3 Å². The van der Waals surface area contributed by atoms with Crippen LogP contribution in [0.15, 0.2) is 55.1 Å². The number of fused-ring (bicyclic) bond motifs is 5. The minimum atomic E-state index is -1.16. The standard InChI is InChI=1S/C25H21ClN2O2S2/c1-3-12-27-20-9-6-5-8-18(20)24(22(27)29)25(32-15-7-14-31-24)19-16-17(26)10-11-21(19)28(13-4-2)23(25)30/h2-3,5-6,8-11,16H,1,7,12-15H2/t24-,25-/m1/s1. The highest BCUT2D eigenvalue weighted by atomic mass is 35.5. The minimum absolute atomic E-state index is 0.0835. The molecule has 3 heterocycles. The topological polar surface area (TPSA) is 40.6 Å². The van der Waals surface area contributed by atoms with Gasteiger partial charge < -0.3 is 4.90 Å². The molecule has 1 saturated heterocycles. The SMILES string of the molecule is C#CCN1C(=O)[C@]2(SCCCS[C@]23C(=O)N(CC=C)c2ccccc23)c2cc(Cl)ccc21. The van der Waals surface area contributed by atoms with Gasteiger partial charge in [-0.2, -0.15) is 0 Å². The fraction of sp³-hybridized carbons (Fsp3) is 0.280. The van der Waals surface area contributed by atoms with E-state index in [-0.39, 0.29) is 18.4 Å². The second-order valence-corrected chi connectivity index (χ2v) is 10.9. The van der Waals surface area contributed by atoms with Crippen LogP contribution in [0.25, 0.3) is 0 Å². The van der Waals surface area contributed by atoms with Gasteiger partial charge in [-0.15, -0.1) is 36.5 Å². The highest BCUT2D eigenvalue weighted by Gasteiger charge is 2.72.